The molecule has 4 nitrogen and oxygen atoms in total. The fourth-order valence-corrected chi connectivity index (χ4v) is 3.21. The van der Waals surface area contributed by atoms with Gasteiger partial charge in [-0.3, -0.25) is 0 Å². The van der Waals surface area contributed by atoms with E-state index in [4.69, 9.17) is 39.5 Å². The molecule has 120 valence electrons. The molecule has 23 heavy (non-hydrogen) atoms. The summed E-state index contributed by atoms with van der Waals surface area (Å²) in [5, 5.41) is 5.74. The molecule has 0 spiro atoms. The summed E-state index contributed by atoms with van der Waals surface area (Å²) in [7, 11) is 0. The number of fused-ring (bicyclic) bond motifs is 1. The Kier molecular flexibility index (Phi) is 5.28. The van der Waals surface area contributed by atoms with Crippen LogP contribution in [0.5, 0.6) is 5.75 Å². The third kappa shape index (κ3) is 3.90. The summed E-state index contributed by atoms with van der Waals surface area (Å²) in [5.41, 5.74) is 2.07. The van der Waals surface area contributed by atoms with E-state index < -0.39 is 0 Å². The zero-order valence-electron chi connectivity index (χ0n) is 12.1. The molecule has 0 atom stereocenters. The third-order valence-corrected chi connectivity index (χ3v) is 4.13. The van der Waals surface area contributed by atoms with Crippen molar-refractivity contribution in [2.45, 2.75) is 6.54 Å². The standard InChI is InChI=1S/C16H14Cl3N3O/c17-11-7-13(18)15(14(19)8-11)23-6-5-20-9-10-1-3-21-16-12(10)2-4-22-16/h1-4,7-8,20H,5-6,9H2,(H,21,22). The Morgan fingerprint density at radius 1 is 1.13 bits per heavy atom. The first kappa shape index (κ1) is 16.4. The highest BCUT2D eigenvalue weighted by Gasteiger charge is 2.09. The minimum Gasteiger partial charge on any atom is -0.489 e. The number of nitrogens with zero attached hydrogens (tertiary/aromatic N) is 1. The molecule has 0 saturated carbocycles. The van der Waals surface area contributed by atoms with Crippen LogP contribution in [0, 0.1) is 0 Å². The maximum absolute atomic E-state index is 6.07. The van der Waals surface area contributed by atoms with Gasteiger partial charge in [0.1, 0.15) is 12.3 Å². The molecule has 3 rings (SSSR count). The van der Waals surface area contributed by atoms with Crippen molar-refractivity contribution in [2.24, 2.45) is 0 Å². The van der Waals surface area contributed by atoms with Crippen LogP contribution in [0.1, 0.15) is 5.56 Å². The third-order valence-electron chi connectivity index (χ3n) is 3.35. The summed E-state index contributed by atoms with van der Waals surface area (Å²) in [4.78, 5) is 7.36. The number of aromatic amines is 1. The topological polar surface area (TPSA) is 49.9 Å². The SMILES string of the molecule is Clc1cc(Cl)c(OCCNCc2ccnc3[nH]ccc23)c(Cl)c1. The minimum absolute atomic E-state index is 0.408. The molecule has 2 aromatic heterocycles. The molecule has 0 fully saturated rings. The maximum Gasteiger partial charge on any atom is 0.156 e. The van der Waals surface area contributed by atoms with Crippen LogP contribution >= 0.6 is 34.8 Å². The van der Waals surface area contributed by atoms with E-state index in [1.54, 1.807) is 18.3 Å². The van der Waals surface area contributed by atoms with E-state index in [9.17, 15) is 0 Å². The Morgan fingerprint density at radius 3 is 2.70 bits per heavy atom. The fraction of sp³-hybridized carbons (Fsp3) is 0.188. The molecule has 0 radical (unpaired) electrons. The quantitative estimate of drug-likeness (QED) is 0.619. The van der Waals surface area contributed by atoms with E-state index in [2.05, 4.69) is 15.3 Å². The number of nitrogens with one attached hydrogen (secondary N) is 2. The van der Waals surface area contributed by atoms with Gasteiger partial charge in [0.2, 0.25) is 0 Å². The second-order valence-corrected chi connectivity index (χ2v) is 6.18. The smallest absolute Gasteiger partial charge is 0.156 e. The number of hydrogen-bond donors (Lipinski definition) is 2. The molecular formula is C16H14Cl3N3O. The maximum atomic E-state index is 6.07. The van der Waals surface area contributed by atoms with Crippen molar-refractivity contribution in [3.05, 3.63) is 57.3 Å². The first-order valence-electron chi connectivity index (χ1n) is 7.04. The minimum atomic E-state index is 0.408. The van der Waals surface area contributed by atoms with Gasteiger partial charge in [0, 0.05) is 35.9 Å². The number of hydrogen-bond acceptors (Lipinski definition) is 3. The van der Waals surface area contributed by atoms with E-state index in [-0.39, 0.29) is 0 Å². The first-order valence-corrected chi connectivity index (χ1v) is 8.17. The van der Waals surface area contributed by atoms with Gasteiger partial charge in [-0.25, -0.2) is 4.98 Å². The van der Waals surface area contributed by atoms with Crippen molar-refractivity contribution in [1.82, 2.24) is 15.3 Å². The molecule has 0 bridgehead atoms. The van der Waals surface area contributed by atoms with Crippen molar-refractivity contribution in [1.29, 1.82) is 0 Å². The van der Waals surface area contributed by atoms with Gasteiger partial charge in [0.05, 0.1) is 10.0 Å². The van der Waals surface area contributed by atoms with E-state index in [1.807, 2.05) is 18.3 Å². The summed E-state index contributed by atoms with van der Waals surface area (Å²) < 4.78 is 5.63. The van der Waals surface area contributed by atoms with Gasteiger partial charge >= 0.3 is 0 Å². The predicted molar refractivity (Wildman–Crippen MR) is 94.8 cm³/mol. The molecule has 0 saturated heterocycles. The molecule has 3 aromatic rings. The average molecular weight is 371 g/mol. The van der Waals surface area contributed by atoms with Crippen LogP contribution in [0.2, 0.25) is 15.1 Å². The molecule has 0 unspecified atom stereocenters. The average Bonchev–Trinajstić information content (AvgIpc) is 2.98. The normalized spacial score (nSPS) is 11.1. The number of benzene rings is 1. The predicted octanol–water partition coefficient (Wildman–Crippen LogP) is 4.69. The van der Waals surface area contributed by atoms with Gasteiger partial charge in [-0.15, -0.1) is 0 Å². The highest BCUT2D eigenvalue weighted by Crippen LogP contribution is 2.35. The highest BCUT2D eigenvalue weighted by atomic mass is 35.5. The van der Waals surface area contributed by atoms with Crippen molar-refractivity contribution < 1.29 is 4.74 Å². The van der Waals surface area contributed by atoms with E-state index in [0.29, 0.717) is 34.0 Å². The molecule has 0 aliphatic rings. The molecule has 0 aliphatic heterocycles. The van der Waals surface area contributed by atoms with Crippen LogP contribution in [0.15, 0.2) is 36.7 Å². The number of ether oxygens (including phenoxy) is 1. The van der Waals surface area contributed by atoms with E-state index in [0.717, 1.165) is 17.6 Å². The molecule has 2 heterocycles. The second kappa shape index (κ2) is 7.41. The summed E-state index contributed by atoms with van der Waals surface area (Å²) >= 11 is 18.0. The monoisotopic (exact) mass is 369 g/mol. The molecule has 2 N–H and O–H groups in total. The van der Waals surface area contributed by atoms with Crippen LogP contribution in [-0.4, -0.2) is 23.1 Å². The number of H-pyrrole nitrogens is 1. The van der Waals surface area contributed by atoms with Crippen LogP contribution in [-0.2, 0) is 6.54 Å². The van der Waals surface area contributed by atoms with Crippen molar-refractivity contribution >= 4 is 45.8 Å². The number of rotatable bonds is 6. The number of halogens is 3. The van der Waals surface area contributed by atoms with Gasteiger partial charge in [0.25, 0.3) is 0 Å². The molecular weight excluding hydrogens is 357 g/mol. The largest absolute Gasteiger partial charge is 0.489 e. The molecule has 0 amide bonds. The van der Waals surface area contributed by atoms with Crippen LogP contribution in [0.25, 0.3) is 11.0 Å². The molecule has 7 heteroatoms. The lowest BCUT2D eigenvalue weighted by atomic mass is 10.2. The zero-order chi connectivity index (χ0) is 16.2. The Morgan fingerprint density at radius 2 is 1.91 bits per heavy atom. The summed E-state index contributed by atoms with van der Waals surface area (Å²) in [6.07, 6.45) is 3.68. The van der Waals surface area contributed by atoms with Crippen LogP contribution < -0.4 is 10.1 Å². The van der Waals surface area contributed by atoms with Crippen molar-refractivity contribution in [3.8, 4) is 5.75 Å². The summed E-state index contributed by atoms with van der Waals surface area (Å²) in [5.74, 6) is 0.455. The lowest BCUT2D eigenvalue weighted by molar-refractivity contribution is 0.314. The van der Waals surface area contributed by atoms with Gasteiger partial charge in [-0.1, -0.05) is 34.8 Å². The second-order valence-electron chi connectivity index (χ2n) is 4.93. The summed E-state index contributed by atoms with van der Waals surface area (Å²) in [6, 6.07) is 7.23. The van der Waals surface area contributed by atoms with Crippen LogP contribution in [0.3, 0.4) is 0 Å². The van der Waals surface area contributed by atoms with Gasteiger partial charge in [-0.05, 0) is 29.8 Å². The van der Waals surface area contributed by atoms with Gasteiger partial charge in [0.15, 0.2) is 5.75 Å². The summed E-state index contributed by atoms with van der Waals surface area (Å²) in [6.45, 7) is 1.83. The Balaban J connectivity index is 1.52. The van der Waals surface area contributed by atoms with Crippen LogP contribution in [0.4, 0.5) is 0 Å². The highest BCUT2D eigenvalue weighted by molar-refractivity contribution is 6.40. The molecule has 1 aromatic carbocycles. The fourth-order valence-electron chi connectivity index (χ4n) is 2.29. The Labute approximate surface area is 148 Å². The van der Waals surface area contributed by atoms with E-state index in [1.165, 1.54) is 5.56 Å². The van der Waals surface area contributed by atoms with Crippen molar-refractivity contribution in [2.75, 3.05) is 13.2 Å². The van der Waals surface area contributed by atoms with Gasteiger partial charge < -0.3 is 15.0 Å². The Bertz CT molecular complexity index is 796. The lowest BCUT2D eigenvalue weighted by Gasteiger charge is -2.11. The Hall–Kier alpha value is -1.46. The van der Waals surface area contributed by atoms with Crippen molar-refractivity contribution in [3.63, 3.8) is 0 Å². The number of aromatic nitrogens is 2. The number of pyridine rings is 1. The zero-order valence-corrected chi connectivity index (χ0v) is 14.3. The molecule has 0 aliphatic carbocycles. The van der Waals surface area contributed by atoms with E-state index >= 15 is 0 Å². The lowest BCUT2D eigenvalue weighted by Crippen LogP contribution is -2.20. The van der Waals surface area contributed by atoms with Gasteiger partial charge in [-0.2, -0.15) is 0 Å². The first-order chi connectivity index (χ1) is 11.1.